The van der Waals surface area contributed by atoms with E-state index in [9.17, 15) is 13.2 Å². The van der Waals surface area contributed by atoms with Crippen LogP contribution in [0.25, 0.3) is 11.1 Å². The van der Waals surface area contributed by atoms with Gasteiger partial charge in [0, 0.05) is 17.1 Å². The van der Waals surface area contributed by atoms with Crippen LogP contribution in [-0.4, -0.2) is 41.5 Å². The van der Waals surface area contributed by atoms with Crippen molar-refractivity contribution in [2.45, 2.75) is 38.0 Å². The number of aromatic nitrogens is 1. The van der Waals surface area contributed by atoms with Gasteiger partial charge in [-0.25, -0.2) is 13.2 Å². The molecule has 2 aliphatic rings. The molecule has 1 aliphatic carbocycles. The highest BCUT2D eigenvalue weighted by Gasteiger charge is 2.40. The maximum Gasteiger partial charge on any atom is 0.421 e. The summed E-state index contributed by atoms with van der Waals surface area (Å²) in [5, 5.41) is 0.536. The average molecular weight is 357 g/mol. The molecule has 8 heteroatoms. The van der Waals surface area contributed by atoms with Gasteiger partial charge in [-0.1, -0.05) is 11.6 Å². The minimum absolute atomic E-state index is 0.0245. The first kappa shape index (κ1) is 15.2. The minimum atomic E-state index is -2.96. The first-order chi connectivity index (χ1) is 10.9. The number of nitrogens with zero attached hydrogens (tertiary/aromatic N) is 2. The van der Waals surface area contributed by atoms with Crippen molar-refractivity contribution in [3.8, 4) is 0 Å². The van der Waals surface area contributed by atoms with Crippen molar-refractivity contribution in [2.75, 3.05) is 11.5 Å². The van der Waals surface area contributed by atoms with Gasteiger partial charge in [0.25, 0.3) is 0 Å². The molecular formula is C15H17ClN2O4S. The molecule has 1 saturated heterocycles. The van der Waals surface area contributed by atoms with Crippen LogP contribution in [0.1, 0.15) is 19.3 Å². The number of halogens is 1. The van der Waals surface area contributed by atoms with E-state index >= 15 is 0 Å². The molecule has 1 aromatic carbocycles. The number of fused-ring (bicyclic) bond motifs is 1. The summed E-state index contributed by atoms with van der Waals surface area (Å²) >= 11 is 6.03. The van der Waals surface area contributed by atoms with Crippen molar-refractivity contribution in [1.82, 2.24) is 9.47 Å². The zero-order valence-corrected chi connectivity index (χ0v) is 14.0. The van der Waals surface area contributed by atoms with Crippen LogP contribution in [-0.2, 0) is 16.5 Å². The van der Waals surface area contributed by atoms with Crippen LogP contribution in [0, 0.1) is 0 Å². The van der Waals surface area contributed by atoms with E-state index in [1.807, 2.05) is 0 Å². The maximum absolute atomic E-state index is 12.2. The molecule has 0 spiro atoms. The zero-order chi connectivity index (χ0) is 16.2. The van der Waals surface area contributed by atoms with Gasteiger partial charge in [-0.15, -0.1) is 0 Å². The van der Waals surface area contributed by atoms with E-state index in [-0.39, 0.29) is 17.5 Å². The zero-order valence-electron chi connectivity index (χ0n) is 12.4. The highest BCUT2D eigenvalue weighted by molar-refractivity contribution is 7.91. The molecule has 0 amide bonds. The van der Waals surface area contributed by atoms with Crippen molar-refractivity contribution in [2.24, 2.45) is 0 Å². The third kappa shape index (κ3) is 2.93. The topological polar surface area (TPSA) is 72.5 Å². The molecule has 124 valence electrons. The van der Waals surface area contributed by atoms with Crippen molar-refractivity contribution in [3.05, 3.63) is 33.8 Å². The van der Waals surface area contributed by atoms with Crippen LogP contribution in [0.2, 0.25) is 5.02 Å². The predicted octanol–water partition coefficient (Wildman–Crippen LogP) is 1.86. The van der Waals surface area contributed by atoms with Gasteiger partial charge in [-0.05, 0) is 37.5 Å². The van der Waals surface area contributed by atoms with Gasteiger partial charge in [-0.3, -0.25) is 9.47 Å². The number of rotatable bonds is 4. The first-order valence-corrected chi connectivity index (χ1v) is 9.88. The molecule has 2 fully saturated rings. The second-order valence-electron chi connectivity index (χ2n) is 6.35. The van der Waals surface area contributed by atoms with Gasteiger partial charge in [0.2, 0.25) is 0 Å². The van der Waals surface area contributed by atoms with Gasteiger partial charge in [0.1, 0.15) is 0 Å². The Kier molecular flexibility index (Phi) is 3.55. The Balaban J connectivity index is 1.69. The molecule has 1 saturated carbocycles. The molecule has 6 nitrogen and oxygen atoms in total. The lowest BCUT2D eigenvalue weighted by Crippen LogP contribution is -2.41. The summed E-state index contributed by atoms with van der Waals surface area (Å²) in [4.78, 5) is 14.3. The number of hydrogen-bond acceptors (Lipinski definition) is 5. The summed E-state index contributed by atoms with van der Waals surface area (Å²) in [5.74, 6) is -0.0310. The Morgan fingerprint density at radius 1 is 1.26 bits per heavy atom. The molecular weight excluding hydrogens is 340 g/mol. The molecule has 0 radical (unpaired) electrons. The largest absolute Gasteiger partial charge is 0.421 e. The molecule has 2 aromatic rings. The van der Waals surface area contributed by atoms with Crippen molar-refractivity contribution in [3.63, 3.8) is 0 Å². The summed E-state index contributed by atoms with van der Waals surface area (Å²) in [7, 11) is -2.96. The van der Waals surface area contributed by atoms with Crippen LogP contribution in [0.4, 0.5) is 0 Å². The lowest BCUT2D eigenvalue weighted by atomic mass is 10.2. The second-order valence-corrected chi connectivity index (χ2v) is 9.02. The van der Waals surface area contributed by atoms with E-state index in [0.29, 0.717) is 35.3 Å². The van der Waals surface area contributed by atoms with Crippen molar-refractivity contribution < 1.29 is 12.8 Å². The first-order valence-electron chi connectivity index (χ1n) is 7.68. The summed E-state index contributed by atoms with van der Waals surface area (Å²) in [6, 6.07) is 5.39. The van der Waals surface area contributed by atoms with Crippen LogP contribution in [0.5, 0.6) is 0 Å². The molecule has 1 atom stereocenters. The van der Waals surface area contributed by atoms with E-state index in [2.05, 4.69) is 4.90 Å². The van der Waals surface area contributed by atoms with Gasteiger partial charge in [0.15, 0.2) is 15.4 Å². The Morgan fingerprint density at radius 2 is 2.04 bits per heavy atom. The third-order valence-electron chi connectivity index (χ3n) is 4.63. The number of hydrogen-bond donors (Lipinski definition) is 0. The molecule has 0 bridgehead atoms. The summed E-state index contributed by atoms with van der Waals surface area (Å²) in [6.45, 7) is 0.344. The lowest BCUT2D eigenvalue weighted by Gasteiger charge is -2.27. The molecule has 1 aromatic heterocycles. The molecule has 0 N–H and O–H groups in total. The van der Waals surface area contributed by atoms with E-state index in [4.69, 9.17) is 16.0 Å². The molecule has 1 aliphatic heterocycles. The Labute approximate surface area is 138 Å². The lowest BCUT2D eigenvalue weighted by molar-refractivity contribution is 0.152. The minimum Gasteiger partial charge on any atom is -0.408 e. The number of benzene rings is 1. The van der Waals surface area contributed by atoms with E-state index in [1.165, 1.54) is 0 Å². The van der Waals surface area contributed by atoms with Gasteiger partial charge < -0.3 is 4.42 Å². The number of oxazole rings is 1. The van der Waals surface area contributed by atoms with E-state index in [0.717, 1.165) is 12.8 Å². The standard InChI is InChI=1S/C15H17ClN2O4S/c16-10-1-4-14-13(7-10)18(15(19)22-14)9-17(11-2-3-11)12-5-6-23(20,21)8-12/h1,4,7,11-12H,2-3,5-6,8-9H2/t12-/m0/s1. The number of sulfone groups is 1. The molecule has 23 heavy (non-hydrogen) atoms. The monoisotopic (exact) mass is 356 g/mol. The smallest absolute Gasteiger partial charge is 0.408 e. The fourth-order valence-electron chi connectivity index (χ4n) is 3.30. The van der Waals surface area contributed by atoms with Gasteiger partial charge in [-0.2, -0.15) is 0 Å². The Bertz CT molecular complexity index is 913. The Hall–Kier alpha value is -1.31. The van der Waals surface area contributed by atoms with Gasteiger partial charge in [0.05, 0.1) is 23.7 Å². The summed E-state index contributed by atoms with van der Waals surface area (Å²) in [6.07, 6.45) is 2.72. The second kappa shape index (κ2) is 5.36. The normalized spacial score (nSPS) is 23.8. The molecule has 0 unspecified atom stereocenters. The highest BCUT2D eigenvalue weighted by Crippen LogP contribution is 2.33. The van der Waals surface area contributed by atoms with Crippen LogP contribution in [0.3, 0.4) is 0 Å². The van der Waals surface area contributed by atoms with Crippen molar-refractivity contribution >= 4 is 32.5 Å². The maximum atomic E-state index is 12.2. The third-order valence-corrected chi connectivity index (χ3v) is 6.61. The van der Waals surface area contributed by atoms with Crippen LogP contribution < -0.4 is 5.76 Å². The predicted molar refractivity (Wildman–Crippen MR) is 87.4 cm³/mol. The van der Waals surface area contributed by atoms with Crippen LogP contribution in [0.15, 0.2) is 27.4 Å². The summed E-state index contributed by atoms with van der Waals surface area (Å²) in [5.41, 5.74) is 1.14. The highest BCUT2D eigenvalue weighted by atomic mass is 35.5. The van der Waals surface area contributed by atoms with Crippen molar-refractivity contribution in [1.29, 1.82) is 0 Å². The van der Waals surface area contributed by atoms with E-state index in [1.54, 1.807) is 22.8 Å². The van der Waals surface area contributed by atoms with Crippen LogP contribution >= 0.6 is 11.6 Å². The fraction of sp³-hybridized carbons (Fsp3) is 0.533. The Morgan fingerprint density at radius 3 is 2.70 bits per heavy atom. The van der Waals surface area contributed by atoms with E-state index < -0.39 is 15.6 Å². The summed E-state index contributed by atoms with van der Waals surface area (Å²) < 4.78 is 30.4. The molecule has 4 rings (SSSR count). The molecule has 2 heterocycles. The average Bonchev–Trinajstić information content (AvgIpc) is 3.19. The SMILES string of the molecule is O=c1oc2ccc(Cl)cc2n1CN(C1CC1)[C@H]1CCS(=O)(=O)C1. The van der Waals surface area contributed by atoms with Gasteiger partial charge >= 0.3 is 5.76 Å². The quantitative estimate of drug-likeness (QED) is 0.836. The fourth-order valence-corrected chi connectivity index (χ4v) is 5.21.